The van der Waals surface area contributed by atoms with Crippen molar-refractivity contribution in [3.8, 4) is 0 Å². The van der Waals surface area contributed by atoms with Crippen molar-refractivity contribution < 1.29 is 9.16 Å². The van der Waals surface area contributed by atoms with Gasteiger partial charge in [-0.05, 0) is 47.8 Å². The first-order valence-corrected chi connectivity index (χ1v) is 11.2. The third-order valence-electron chi connectivity index (χ3n) is 6.57. The number of fused-ring (bicyclic) bond motifs is 3. The van der Waals surface area contributed by atoms with E-state index in [1.54, 1.807) is 0 Å². The van der Waals surface area contributed by atoms with Gasteiger partial charge in [0.15, 0.2) is 0 Å². The molecule has 2 aliphatic heterocycles. The van der Waals surface area contributed by atoms with Crippen molar-refractivity contribution >= 4 is 38.5 Å². The number of aromatic nitrogens is 2. The summed E-state index contributed by atoms with van der Waals surface area (Å²) in [6.07, 6.45) is 4.21. The number of rotatable bonds is 3. The minimum absolute atomic E-state index is 0.0720. The largest absolute Gasteiger partial charge is 0.344 e. The van der Waals surface area contributed by atoms with Gasteiger partial charge in [-0.2, -0.15) is 0 Å². The van der Waals surface area contributed by atoms with E-state index in [0.717, 1.165) is 46.8 Å². The highest BCUT2D eigenvalue weighted by atomic mass is 16.1. The molecule has 5 heteroatoms. The third-order valence-corrected chi connectivity index (χ3v) is 6.57. The van der Waals surface area contributed by atoms with E-state index >= 15 is 0 Å². The summed E-state index contributed by atoms with van der Waals surface area (Å²) < 4.78 is 1.87. The quantitative estimate of drug-likeness (QED) is 0.442. The van der Waals surface area contributed by atoms with Gasteiger partial charge in [-0.1, -0.05) is 48.9 Å². The molecule has 31 heavy (non-hydrogen) atoms. The van der Waals surface area contributed by atoms with Crippen molar-refractivity contribution in [1.29, 1.82) is 0 Å². The van der Waals surface area contributed by atoms with Gasteiger partial charge in [-0.25, -0.2) is 0 Å². The van der Waals surface area contributed by atoms with Crippen LogP contribution in [0.15, 0.2) is 65.8 Å². The van der Waals surface area contributed by atoms with Crippen LogP contribution in [0.25, 0.3) is 32.6 Å². The van der Waals surface area contributed by atoms with Crippen LogP contribution in [-0.4, -0.2) is 35.4 Å². The van der Waals surface area contributed by atoms with Crippen LogP contribution in [0.1, 0.15) is 25.7 Å². The lowest BCUT2D eigenvalue weighted by Crippen LogP contribution is -2.32. The number of aromatic amines is 1. The van der Waals surface area contributed by atoms with Gasteiger partial charge < -0.3 is 9.88 Å². The molecule has 3 aliphatic rings. The molecule has 6 rings (SSSR count). The zero-order valence-electron chi connectivity index (χ0n) is 17.5. The van der Waals surface area contributed by atoms with Crippen LogP contribution >= 0.6 is 0 Å². The number of H-pyrrole nitrogens is 1. The van der Waals surface area contributed by atoms with E-state index in [0.29, 0.717) is 6.42 Å². The van der Waals surface area contributed by atoms with Crippen molar-refractivity contribution in [3.63, 3.8) is 0 Å². The Balaban J connectivity index is 1.59. The highest BCUT2D eigenvalue weighted by Gasteiger charge is 2.20. The minimum atomic E-state index is -0.0720. The standard InChI is InChI=1S/C26H24N4O/c31-23(14-17-29-15-4-1-5-16-29)28-30-22-13-3-2-12-21(22)27-25-19-10-6-8-18-9-7-11-20(24(18)19)26(25)30/h2-3,6-13H,1,4-5,14-17H2/p+1. The Morgan fingerprint density at radius 2 is 1.71 bits per heavy atom. The van der Waals surface area contributed by atoms with E-state index in [1.807, 2.05) is 28.6 Å². The summed E-state index contributed by atoms with van der Waals surface area (Å²) in [6, 6.07) is 20.8. The van der Waals surface area contributed by atoms with Crippen LogP contribution in [0.2, 0.25) is 0 Å². The number of hydrogen-bond acceptors (Lipinski definition) is 2. The van der Waals surface area contributed by atoms with E-state index in [-0.39, 0.29) is 5.91 Å². The second kappa shape index (κ2) is 7.43. The number of benzene rings is 3. The predicted molar refractivity (Wildman–Crippen MR) is 122 cm³/mol. The van der Waals surface area contributed by atoms with Crippen LogP contribution in [-0.2, 0) is 4.79 Å². The Morgan fingerprint density at radius 1 is 0.935 bits per heavy atom. The highest BCUT2D eigenvalue weighted by molar-refractivity contribution is 6.11. The fourth-order valence-corrected chi connectivity index (χ4v) is 5.08. The summed E-state index contributed by atoms with van der Waals surface area (Å²) >= 11 is 0. The van der Waals surface area contributed by atoms with Crippen molar-refractivity contribution in [3.05, 3.63) is 71.4 Å². The normalized spacial score (nSPS) is 16.2. The van der Waals surface area contributed by atoms with Crippen molar-refractivity contribution in [2.24, 2.45) is 5.11 Å². The maximum Gasteiger partial charge on any atom is 0.310 e. The molecule has 0 atom stereocenters. The Morgan fingerprint density at radius 3 is 2.55 bits per heavy atom. The average Bonchev–Trinajstić information content (AvgIpc) is 3.14. The number of piperidine rings is 1. The number of hydrogen-bond donors (Lipinski definition) is 1. The summed E-state index contributed by atoms with van der Waals surface area (Å²) in [6.45, 7) is 2.98. The number of amides is 1. The van der Waals surface area contributed by atoms with Crippen LogP contribution in [0, 0.1) is 10.7 Å². The van der Waals surface area contributed by atoms with Crippen molar-refractivity contribution in [2.75, 3.05) is 19.6 Å². The van der Waals surface area contributed by atoms with E-state index in [9.17, 15) is 4.79 Å². The van der Waals surface area contributed by atoms with Crippen LogP contribution < -0.4 is 4.36 Å². The Labute approximate surface area is 179 Å². The van der Waals surface area contributed by atoms with Gasteiger partial charge in [0.1, 0.15) is 10.9 Å². The molecule has 0 unspecified atom stereocenters. The Hall–Kier alpha value is -3.31. The summed E-state index contributed by atoms with van der Waals surface area (Å²) in [5, 5.41) is 11.3. The summed E-state index contributed by atoms with van der Waals surface area (Å²) in [5.74, 6) is -0.0720. The predicted octanol–water partition coefficient (Wildman–Crippen LogP) is 4.64. The van der Waals surface area contributed by atoms with Gasteiger partial charge in [-0.3, -0.25) is 4.79 Å². The molecule has 3 aromatic rings. The topological polar surface area (TPSA) is 54.4 Å². The maximum atomic E-state index is 13.0. The first-order chi connectivity index (χ1) is 15.3. The lowest BCUT2D eigenvalue weighted by atomic mass is 10.1. The zero-order valence-corrected chi connectivity index (χ0v) is 17.5. The molecule has 5 nitrogen and oxygen atoms in total. The van der Waals surface area contributed by atoms with E-state index in [2.05, 4.69) is 51.4 Å². The molecule has 0 radical (unpaired) electrons. The first-order valence-electron chi connectivity index (χ1n) is 11.2. The summed E-state index contributed by atoms with van der Waals surface area (Å²) in [4.78, 5) is 19.0. The SMILES string of the molecule is O=C(CCN1CCCCC1)N=[n+]1c2c3cccc4cccc(c=2[nH]c2ccccc21)c43. The fourth-order valence-electron chi connectivity index (χ4n) is 5.08. The summed E-state index contributed by atoms with van der Waals surface area (Å²) in [5.41, 5.74) is 1.89. The third kappa shape index (κ3) is 3.08. The molecule has 1 amide bonds. The van der Waals surface area contributed by atoms with Crippen LogP contribution in [0.5, 0.6) is 0 Å². The molecule has 1 saturated heterocycles. The number of carbonyl (C=O) groups excluding carboxylic acids is 1. The smallest absolute Gasteiger partial charge is 0.310 e. The second-order valence-corrected chi connectivity index (χ2v) is 8.53. The fraction of sp³-hybridized carbons (Fsp3) is 0.269. The number of nitrogens with zero attached hydrogens (tertiary/aromatic N) is 3. The Bertz CT molecular complexity index is 1540. The molecule has 1 fully saturated rings. The van der Waals surface area contributed by atoms with Crippen LogP contribution in [0.3, 0.4) is 0 Å². The molecule has 3 aromatic carbocycles. The monoisotopic (exact) mass is 409 g/mol. The molecule has 0 bridgehead atoms. The number of likely N-dealkylation sites (tertiary alicyclic amines) is 1. The van der Waals surface area contributed by atoms with Gasteiger partial charge in [0.05, 0.1) is 5.39 Å². The van der Waals surface area contributed by atoms with Crippen LogP contribution in [0.4, 0.5) is 0 Å². The number of nitrogens with one attached hydrogen (secondary N) is 1. The average molecular weight is 410 g/mol. The number of carbonyl (C=O) groups is 1. The molecule has 0 saturated carbocycles. The van der Waals surface area contributed by atoms with Gasteiger partial charge in [-0.15, -0.1) is 0 Å². The molecule has 2 heterocycles. The molecule has 1 N–H and O–H groups in total. The minimum Gasteiger partial charge on any atom is -0.344 e. The maximum absolute atomic E-state index is 13.0. The molecule has 1 aliphatic carbocycles. The lowest BCUT2D eigenvalue weighted by molar-refractivity contribution is -0.523. The van der Waals surface area contributed by atoms with E-state index in [4.69, 9.17) is 0 Å². The zero-order chi connectivity index (χ0) is 20.8. The number of para-hydroxylation sites is 2. The van der Waals surface area contributed by atoms with Gasteiger partial charge in [0, 0.05) is 34.9 Å². The molecule has 154 valence electrons. The van der Waals surface area contributed by atoms with Gasteiger partial charge in [0.2, 0.25) is 0 Å². The van der Waals surface area contributed by atoms with E-state index in [1.165, 1.54) is 35.4 Å². The molecular weight excluding hydrogens is 384 g/mol. The summed E-state index contributed by atoms with van der Waals surface area (Å²) in [7, 11) is 0. The first kappa shape index (κ1) is 18.5. The molecule has 0 spiro atoms. The molecule has 0 aromatic heterocycles. The Kier molecular flexibility index (Phi) is 4.42. The lowest BCUT2D eigenvalue weighted by Gasteiger charge is -2.25. The second-order valence-electron chi connectivity index (χ2n) is 8.53. The van der Waals surface area contributed by atoms with Gasteiger partial charge in [0.25, 0.3) is 10.9 Å². The highest BCUT2D eigenvalue weighted by Crippen LogP contribution is 2.30. The van der Waals surface area contributed by atoms with Crippen molar-refractivity contribution in [2.45, 2.75) is 25.7 Å². The molecular formula is C26H25N4O+. The van der Waals surface area contributed by atoms with E-state index < -0.39 is 0 Å². The van der Waals surface area contributed by atoms with Gasteiger partial charge >= 0.3 is 5.91 Å². The van der Waals surface area contributed by atoms with Crippen molar-refractivity contribution in [1.82, 2.24) is 9.88 Å².